The Bertz CT molecular complexity index is 1480. The summed E-state index contributed by atoms with van der Waals surface area (Å²) >= 11 is 13.3. The number of nitrogens with zero attached hydrogens (tertiary/aromatic N) is 3. The number of hydrogen-bond donors (Lipinski definition) is 0. The van der Waals surface area contributed by atoms with Crippen LogP contribution in [-0.2, 0) is 6.42 Å². The van der Waals surface area contributed by atoms with Crippen LogP contribution in [0.2, 0.25) is 10.0 Å². The van der Waals surface area contributed by atoms with Crippen LogP contribution in [-0.4, -0.2) is 29.0 Å². The summed E-state index contributed by atoms with van der Waals surface area (Å²) in [6, 6.07) is 19.3. The maximum absolute atomic E-state index is 6.63. The van der Waals surface area contributed by atoms with Gasteiger partial charge in [-0.25, -0.2) is 9.67 Å². The van der Waals surface area contributed by atoms with E-state index in [0.717, 1.165) is 39.6 Å². The number of pyridine rings is 1. The molecule has 3 aromatic carbocycles. The van der Waals surface area contributed by atoms with Crippen molar-refractivity contribution in [1.82, 2.24) is 14.8 Å². The Hall–Kier alpha value is -3.28. The molecular weight excluding hydrogens is 457 g/mol. The lowest BCUT2D eigenvalue weighted by atomic mass is 9.99. The van der Waals surface area contributed by atoms with Crippen LogP contribution >= 0.6 is 23.2 Å². The number of rotatable bonds is 5. The van der Waals surface area contributed by atoms with Crippen LogP contribution in [0.3, 0.4) is 0 Å². The van der Waals surface area contributed by atoms with Gasteiger partial charge in [0, 0.05) is 16.3 Å². The van der Waals surface area contributed by atoms with Gasteiger partial charge in [-0.3, -0.25) is 0 Å². The van der Waals surface area contributed by atoms with Gasteiger partial charge in [-0.05, 0) is 42.8 Å². The number of benzene rings is 3. The fourth-order valence-electron chi connectivity index (χ4n) is 4.19. The van der Waals surface area contributed by atoms with Gasteiger partial charge in [0.05, 0.1) is 46.7 Å². The minimum Gasteiger partial charge on any atom is -0.493 e. The van der Waals surface area contributed by atoms with Gasteiger partial charge in [-0.15, -0.1) is 0 Å². The second-order valence-corrected chi connectivity index (χ2v) is 8.37. The predicted molar refractivity (Wildman–Crippen MR) is 134 cm³/mol. The second kappa shape index (κ2) is 8.58. The van der Waals surface area contributed by atoms with E-state index in [4.69, 9.17) is 42.8 Å². The molecule has 0 atom stereocenters. The molecule has 0 saturated heterocycles. The highest BCUT2D eigenvalue weighted by molar-refractivity contribution is 6.39. The summed E-state index contributed by atoms with van der Waals surface area (Å²) in [5.41, 5.74) is 3.91. The van der Waals surface area contributed by atoms with E-state index in [1.165, 1.54) is 0 Å². The maximum Gasteiger partial charge on any atom is 0.164 e. The van der Waals surface area contributed by atoms with E-state index in [2.05, 4.69) is 6.92 Å². The third-order valence-corrected chi connectivity index (χ3v) is 6.36. The summed E-state index contributed by atoms with van der Waals surface area (Å²) in [6.07, 6.45) is 0.744. The first-order valence-electron chi connectivity index (χ1n) is 10.5. The Morgan fingerprint density at radius 1 is 0.848 bits per heavy atom. The molecule has 166 valence electrons. The predicted octanol–water partition coefficient (Wildman–Crippen LogP) is 7.13. The third-order valence-electron chi connectivity index (χ3n) is 5.73. The van der Waals surface area contributed by atoms with E-state index in [-0.39, 0.29) is 0 Å². The second-order valence-electron chi connectivity index (χ2n) is 7.56. The van der Waals surface area contributed by atoms with Gasteiger partial charge >= 0.3 is 0 Å². The van der Waals surface area contributed by atoms with Crippen molar-refractivity contribution in [3.05, 3.63) is 76.4 Å². The van der Waals surface area contributed by atoms with Crippen molar-refractivity contribution in [3.8, 4) is 28.4 Å². The molecule has 0 aliphatic rings. The molecule has 0 aliphatic carbocycles. The van der Waals surface area contributed by atoms with Gasteiger partial charge < -0.3 is 9.47 Å². The molecule has 0 spiro atoms. The van der Waals surface area contributed by atoms with E-state index in [0.29, 0.717) is 32.8 Å². The molecule has 5 rings (SSSR count). The normalized spacial score (nSPS) is 11.3. The molecule has 0 unspecified atom stereocenters. The first-order valence-corrected chi connectivity index (χ1v) is 11.3. The molecule has 0 fully saturated rings. The minimum absolute atomic E-state index is 0.520. The van der Waals surface area contributed by atoms with Crippen molar-refractivity contribution in [1.29, 1.82) is 0 Å². The molecular formula is C26H21Cl2N3O2. The van der Waals surface area contributed by atoms with Crippen LogP contribution in [0.25, 0.3) is 38.8 Å². The Labute approximate surface area is 201 Å². The summed E-state index contributed by atoms with van der Waals surface area (Å²) in [6.45, 7) is 2.09. The first-order chi connectivity index (χ1) is 16.1. The Morgan fingerprint density at radius 3 is 2.09 bits per heavy atom. The number of halogens is 2. The van der Waals surface area contributed by atoms with Crippen molar-refractivity contribution < 1.29 is 9.47 Å². The van der Waals surface area contributed by atoms with E-state index in [1.54, 1.807) is 14.2 Å². The molecule has 5 aromatic rings. The van der Waals surface area contributed by atoms with E-state index in [9.17, 15) is 0 Å². The Kier molecular flexibility index (Phi) is 5.60. The fraction of sp³-hybridized carbons (Fsp3) is 0.154. The van der Waals surface area contributed by atoms with Gasteiger partial charge in [-0.2, -0.15) is 5.10 Å². The lowest BCUT2D eigenvalue weighted by Gasteiger charge is -2.15. The first kappa shape index (κ1) is 21.6. The van der Waals surface area contributed by atoms with Gasteiger partial charge in [0.2, 0.25) is 0 Å². The van der Waals surface area contributed by atoms with Gasteiger partial charge in [-0.1, -0.05) is 54.4 Å². The standard InChI is InChI=1S/C26H21Cl2N3O2/c1-4-20-23-16-13-21(32-2)22(33-3)14-17(16)25(24-18(27)11-8-12-19(24)28)29-26(23)31(30-20)15-9-6-5-7-10-15/h5-14H,4H2,1-3H3. The van der Waals surface area contributed by atoms with Crippen LogP contribution in [0, 0.1) is 0 Å². The summed E-state index contributed by atoms with van der Waals surface area (Å²) in [5.74, 6) is 1.23. The Morgan fingerprint density at radius 2 is 1.48 bits per heavy atom. The van der Waals surface area contributed by atoms with Crippen LogP contribution in [0.15, 0.2) is 60.7 Å². The molecule has 0 saturated carbocycles. The van der Waals surface area contributed by atoms with Crippen molar-refractivity contribution in [3.63, 3.8) is 0 Å². The molecule has 0 amide bonds. The third kappa shape index (κ3) is 3.48. The number of aryl methyl sites for hydroxylation is 1. The summed E-state index contributed by atoms with van der Waals surface area (Å²) in [4.78, 5) is 5.11. The van der Waals surface area contributed by atoms with Crippen LogP contribution in [0.1, 0.15) is 12.6 Å². The van der Waals surface area contributed by atoms with E-state index < -0.39 is 0 Å². The molecule has 0 N–H and O–H groups in total. The average Bonchev–Trinajstić information content (AvgIpc) is 3.22. The molecule has 7 heteroatoms. The number of fused-ring (bicyclic) bond motifs is 3. The summed E-state index contributed by atoms with van der Waals surface area (Å²) in [7, 11) is 3.24. The fourth-order valence-corrected chi connectivity index (χ4v) is 4.77. The molecule has 0 aliphatic heterocycles. The number of para-hydroxylation sites is 1. The number of methoxy groups -OCH3 is 2. The smallest absolute Gasteiger partial charge is 0.164 e. The number of aromatic nitrogens is 3. The zero-order valence-electron chi connectivity index (χ0n) is 18.4. The highest BCUT2D eigenvalue weighted by Crippen LogP contribution is 2.44. The number of ether oxygens (including phenoxy) is 2. The highest BCUT2D eigenvalue weighted by Gasteiger charge is 2.23. The molecule has 0 bridgehead atoms. The van der Waals surface area contributed by atoms with Crippen molar-refractivity contribution in [2.24, 2.45) is 0 Å². The SMILES string of the molecule is CCc1nn(-c2ccccc2)c2nc(-c3c(Cl)cccc3Cl)c3cc(OC)c(OC)cc3c12. The maximum atomic E-state index is 6.63. The Balaban J connectivity index is 2.01. The average molecular weight is 478 g/mol. The zero-order chi connectivity index (χ0) is 23.1. The summed E-state index contributed by atoms with van der Waals surface area (Å²) in [5, 5.41) is 8.73. The molecule has 33 heavy (non-hydrogen) atoms. The largest absolute Gasteiger partial charge is 0.493 e. The highest BCUT2D eigenvalue weighted by atomic mass is 35.5. The van der Waals surface area contributed by atoms with Crippen molar-refractivity contribution >= 4 is 45.0 Å². The van der Waals surface area contributed by atoms with Crippen LogP contribution in [0.5, 0.6) is 11.5 Å². The molecule has 0 radical (unpaired) electrons. The molecule has 5 nitrogen and oxygen atoms in total. The minimum atomic E-state index is 0.520. The number of hydrogen-bond acceptors (Lipinski definition) is 4. The molecule has 2 aromatic heterocycles. The lowest BCUT2D eigenvalue weighted by Crippen LogP contribution is -2.00. The van der Waals surface area contributed by atoms with Crippen LogP contribution in [0.4, 0.5) is 0 Å². The molecule has 2 heterocycles. The summed E-state index contributed by atoms with van der Waals surface area (Å²) < 4.78 is 13.1. The van der Waals surface area contributed by atoms with Crippen molar-refractivity contribution in [2.45, 2.75) is 13.3 Å². The van der Waals surface area contributed by atoms with Crippen LogP contribution < -0.4 is 9.47 Å². The quantitative estimate of drug-likeness (QED) is 0.270. The zero-order valence-corrected chi connectivity index (χ0v) is 19.9. The van der Waals surface area contributed by atoms with Gasteiger partial charge in [0.1, 0.15) is 0 Å². The van der Waals surface area contributed by atoms with Crippen molar-refractivity contribution in [2.75, 3.05) is 14.2 Å². The van der Waals surface area contributed by atoms with E-state index in [1.807, 2.05) is 65.3 Å². The van der Waals surface area contributed by atoms with Gasteiger partial charge in [0.15, 0.2) is 17.1 Å². The van der Waals surface area contributed by atoms with Gasteiger partial charge in [0.25, 0.3) is 0 Å². The monoisotopic (exact) mass is 477 g/mol. The topological polar surface area (TPSA) is 49.2 Å². The lowest BCUT2D eigenvalue weighted by molar-refractivity contribution is 0.356. The van der Waals surface area contributed by atoms with E-state index >= 15 is 0 Å².